The molecule has 4 aromatic carbocycles. The molecule has 0 aliphatic heterocycles. The summed E-state index contributed by atoms with van der Waals surface area (Å²) >= 11 is 0. The van der Waals surface area contributed by atoms with Gasteiger partial charge in [-0.25, -0.2) is 0 Å². The summed E-state index contributed by atoms with van der Waals surface area (Å²) in [4.78, 5) is 0. The van der Waals surface area contributed by atoms with Crippen molar-refractivity contribution in [1.29, 1.82) is 0 Å². The van der Waals surface area contributed by atoms with E-state index in [2.05, 4.69) is 95.3 Å². The van der Waals surface area contributed by atoms with Crippen molar-refractivity contribution in [3.05, 3.63) is 94.5 Å². The fourth-order valence-electron chi connectivity index (χ4n) is 3.35. The summed E-state index contributed by atoms with van der Waals surface area (Å²) in [6, 6.07) is 23.4. The van der Waals surface area contributed by atoms with Gasteiger partial charge in [-0.15, -0.1) is 34.5 Å². The van der Waals surface area contributed by atoms with Crippen molar-refractivity contribution in [2.24, 2.45) is 0 Å². The number of rotatable bonds is 1. The Balaban J connectivity index is 0.000000503. The zero-order valence-electron chi connectivity index (χ0n) is 17.1. The topological polar surface area (TPSA) is 0 Å². The van der Waals surface area contributed by atoms with Gasteiger partial charge in [-0.3, -0.25) is 0 Å². The van der Waals surface area contributed by atoms with Gasteiger partial charge < -0.3 is 24.8 Å². The molecule has 0 N–H and O–H groups in total. The maximum Gasteiger partial charge on any atom is 4.00 e. The van der Waals surface area contributed by atoms with Gasteiger partial charge in [-0.2, -0.15) is 27.8 Å². The zero-order chi connectivity index (χ0) is 18.0. The average Bonchev–Trinajstić information content (AvgIpc) is 3.16. The third-order valence-corrected chi connectivity index (χ3v) is 5.54. The Morgan fingerprint density at radius 3 is 1.68 bits per heavy atom. The first-order valence-electron chi connectivity index (χ1n) is 8.89. The van der Waals surface area contributed by atoms with Crippen LogP contribution in [0.1, 0.15) is 27.8 Å². The average molecular weight is 489 g/mol. The number of hydrogen-bond donors (Lipinski definition) is 0. The summed E-state index contributed by atoms with van der Waals surface area (Å²) < 4.78 is 0. The van der Waals surface area contributed by atoms with Crippen LogP contribution in [0.25, 0.3) is 21.9 Å². The molecule has 144 valence electrons. The van der Waals surface area contributed by atoms with Gasteiger partial charge in [0.15, 0.2) is 0 Å². The molecule has 28 heavy (non-hydrogen) atoms. The molecule has 0 unspecified atom stereocenters. The van der Waals surface area contributed by atoms with Crippen LogP contribution in [0.4, 0.5) is 0 Å². The molecule has 0 radical (unpaired) electrons. The molecule has 0 aliphatic carbocycles. The Labute approximate surface area is 201 Å². The molecule has 0 saturated carbocycles. The predicted molar refractivity (Wildman–Crippen MR) is 111 cm³/mol. The molecule has 0 nitrogen and oxygen atoms in total. The van der Waals surface area contributed by atoms with Crippen molar-refractivity contribution in [3.63, 3.8) is 0 Å². The van der Waals surface area contributed by atoms with Gasteiger partial charge in [0, 0.05) is 0 Å². The van der Waals surface area contributed by atoms with Gasteiger partial charge in [0.25, 0.3) is 0 Å². The standard InChI is InChI=1S/C15H11.C10H15.2ClH.Zr/c1-2-6-12(7-3-1)15-10-13-8-4-5-9-14(13)11-15;1-6-7(2)9(4)10(5)8(6)3;;;/h1-11H;1-5H3;2*1H;/q2*-1;;;+4/p-2. The van der Waals surface area contributed by atoms with Crippen molar-refractivity contribution in [3.8, 4) is 11.1 Å². The normalized spacial score (nSPS) is 9.46. The van der Waals surface area contributed by atoms with E-state index < -0.39 is 0 Å². The second-order valence-corrected chi connectivity index (χ2v) is 6.86. The third kappa shape index (κ3) is 5.69. The van der Waals surface area contributed by atoms with Gasteiger partial charge in [0.2, 0.25) is 0 Å². The Morgan fingerprint density at radius 2 is 1.21 bits per heavy atom. The number of hydrogen-bond acceptors (Lipinski definition) is 0. The van der Waals surface area contributed by atoms with Crippen LogP contribution >= 0.6 is 0 Å². The Kier molecular flexibility index (Phi) is 11.3. The Morgan fingerprint density at radius 1 is 0.714 bits per heavy atom. The number of fused-ring (bicyclic) bond motifs is 1. The summed E-state index contributed by atoms with van der Waals surface area (Å²) in [5.74, 6) is 0. The Bertz CT molecular complexity index is 881. The number of halogens is 2. The molecule has 0 saturated heterocycles. The molecule has 0 spiro atoms. The maximum absolute atomic E-state index is 2.24. The van der Waals surface area contributed by atoms with Gasteiger partial charge in [-0.1, -0.05) is 88.7 Å². The SMILES string of the molecule is Cc1c(C)c(C)[c-](C)c1C.[Cl-].[Cl-].[Zr+4].c1ccc(-c2cc3ccccc3[cH-]2)cc1. The van der Waals surface area contributed by atoms with Crippen LogP contribution in [-0.4, -0.2) is 0 Å². The largest absolute Gasteiger partial charge is 4.00 e. The molecule has 0 aliphatic rings. The molecule has 0 amide bonds. The van der Waals surface area contributed by atoms with Crippen molar-refractivity contribution in [2.75, 3.05) is 0 Å². The Hall–Kier alpha value is -1.14. The molecule has 0 heterocycles. The van der Waals surface area contributed by atoms with Gasteiger partial charge in [-0.05, 0) is 0 Å². The van der Waals surface area contributed by atoms with E-state index in [0.717, 1.165) is 0 Å². The smallest absolute Gasteiger partial charge is 1.00 e. The van der Waals surface area contributed by atoms with E-state index in [-0.39, 0.29) is 51.0 Å². The van der Waals surface area contributed by atoms with Gasteiger partial charge >= 0.3 is 26.2 Å². The van der Waals surface area contributed by atoms with Crippen LogP contribution < -0.4 is 24.8 Å². The molecular formula is C25H26Cl2Zr. The van der Waals surface area contributed by atoms with Crippen molar-refractivity contribution < 1.29 is 51.0 Å². The fraction of sp³-hybridized carbons (Fsp3) is 0.200. The summed E-state index contributed by atoms with van der Waals surface area (Å²) in [6.45, 7) is 11.0. The van der Waals surface area contributed by atoms with Crippen LogP contribution in [0.5, 0.6) is 0 Å². The molecule has 0 bridgehead atoms. The molecule has 0 fully saturated rings. The van der Waals surface area contributed by atoms with Crippen molar-refractivity contribution in [1.82, 2.24) is 0 Å². The second-order valence-electron chi connectivity index (χ2n) is 6.86. The zero-order valence-corrected chi connectivity index (χ0v) is 21.1. The van der Waals surface area contributed by atoms with E-state index in [1.807, 2.05) is 6.07 Å². The summed E-state index contributed by atoms with van der Waals surface area (Å²) in [6.07, 6.45) is 0. The molecule has 0 atom stereocenters. The van der Waals surface area contributed by atoms with E-state index in [1.165, 1.54) is 49.7 Å². The van der Waals surface area contributed by atoms with E-state index in [9.17, 15) is 0 Å². The molecule has 4 aromatic rings. The van der Waals surface area contributed by atoms with Crippen LogP contribution in [0.15, 0.2) is 66.7 Å². The molecular weight excluding hydrogens is 462 g/mol. The van der Waals surface area contributed by atoms with Gasteiger partial charge in [0.05, 0.1) is 0 Å². The van der Waals surface area contributed by atoms with E-state index in [1.54, 1.807) is 0 Å². The first-order valence-corrected chi connectivity index (χ1v) is 8.89. The monoisotopic (exact) mass is 486 g/mol. The molecule has 0 aromatic heterocycles. The molecule has 4 rings (SSSR count). The van der Waals surface area contributed by atoms with Crippen LogP contribution in [-0.2, 0) is 26.2 Å². The minimum Gasteiger partial charge on any atom is -1.00 e. The minimum atomic E-state index is 0. The summed E-state index contributed by atoms with van der Waals surface area (Å²) in [7, 11) is 0. The van der Waals surface area contributed by atoms with Crippen molar-refractivity contribution >= 4 is 10.8 Å². The molecule has 3 heteroatoms. The second kappa shape index (κ2) is 11.8. The van der Waals surface area contributed by atoms with Crippen LogP contribution in [0, 0.1) is 34.6 Å². The maximum atomic E-state index is 2.24. The first kappa shape index (κ1) is 26.9. The summed E-state index contributed by atoms with van der Waals surface area (Å²) in [5.41, 5.74) is 9.93. The summed E-state index contributed by atoms with van der Waals surface area (Å²) in [5, 5.41) is 2.63. The fourth-order valence-corrected chi connectivity index (χ4v) is 3.35. The minimum absolute atomic E-state index is 0. The van der Waals surface area contributed by atoms with Crippen LogP contribution in [0.3, 0.4) is 0 Å². The third-order valence-electron chi connectivity index (χ3n) is 5.54. The van der Waals surface area contributed by atoms with Crippen molar-refractivity contribution in [2.45, 2.75) is 34.6 Å². The number of benzene rings is 2. The van der Waals surface area contributed by atoms with E-state index in [4.69, 9.17) is 0 Å². The van der Waals surface area contributed by atoms with Crippen LogP contribution in [0.2, 0.25) is 0 Å². The van der Waals surface area contributed by atoms with E-state index in [0.29, 0.717) is 0 Å². The predicted octanol–water partition coefficient (Wildman–Crippen LogP) is 1.18. The van der Waals surface area contributed by atoms with Gasteiger partial charge in [0.1, 0.15) is 0 Å². The quantitative estimate of drug-likeness (QED) is 0.353. The van der Waals surface area contributed by atoms with E-state index >= 15 is 0 Å². The first-order chi connectivity index (χ1) is 12.0.